The van der Waals surface area contributed by atoms with Crippen LogP contribution < -0.4 is 5.56 Å². The number of thiophene rings is 1. The predicted molar refractivity (Wildman–Crippen MR) is 103 cm³/mol. The standard InChI is InChI=1S/C18H16N4OS2/c1-10-6-8-11(9-7-10)21-15(23)14-12-4-2-3-5-13(12)25-16(14)22-17(21)19-20-18(22)24/h6-9H,2-5H2,1H3,(H,20,24). The van der Waals surface area contributed by atoms with Crippen molar-refractivity contribution in [3.63, 3.8) is 0 Å². The van der Waals surface area contributed by atoms with E-state index in [0.29, 0.717) is 10.5 Å². The van der Waals surface area contributed by atoms with Gasteiger partial charge < -0.3 is 0 Å². The van der Waals surface area contributed by atoms with E-state index in [1.165, 1.54) is 16.9 Å². The molecule has 25 heavy (non-hydrogen) atoms. The minimum atomic E-state index is -0.000229. The van der Waals surface area contributed by atoms with E-state index >= 15 is 0 Å². The van der Waals surface area contributed by atoms with Crippen molar-refractivity contribution in [2.24, 2.45) is 0 Å². The van der Waals surface area contributed by atoms with Crippen LogP contribution in [0.4, 0.5) is 0 Å². The molecule has 5 rings (SSSR count). The topological polar surface area (TPSA) is 55.1 Å². The number of benzene rings is 1. The number of nitrogens with zero attached hydrogens (tertiary/aromatic N) is 3. The summed E-state index contributed by atoms with van der Waals surface area (Å²) in [4.78, 5) is 15.7. The zero-order valence-corrected chi connectivity index (χ0v) is 15.3. The van der Waals surface area contributed by atoms with Gasteiger partial charge in [-0.05, 0) is 62.5 Å². The first-order chi connectivity index (χ1) is 12.1. The molecule has 0 unspecified atom stereocenters. The maximum Gasteiger partial charge on any atom is 0.268 e. The molecular weight excluding hydrogens is 352 g/mol. The summed E-state index contributed by atoms with van der Waals surface area (Å²) in [5.74, 6) is 0.546. The number of fused-ring (bicyclic) bond motifs is 5. The van der Waals surface area contributed by atoms with Crippen LogP contribution >= 0.6 is 23.6 Å². The Hall–Kier alpha value is -2.25. The van der Waals surface area contributed by atoms with Gasteiger partial charge in [0.1, 0.15) is 4.83 Å². The Morgan fingerprint density at radius 3 is 2.76 bits per heavy atom. The largest absolute Gasteiger partial charge is 0.268 e. The van der Waals surface area contributed by atoms with Crippen LogP contribution in [0.5, 0.6) is 0 Å². The monoisotopic (exact) mass is 368 g/mol. The molecule has 0 spiro atoms. The Labute approximate surface area is 152 Å². The molecule has 1 aliphatic rings. The highest BCUT2D eigenvalue weighted by Gasteiger charge is 2.23. The molecule has 0 saturated heterocycles. The number of hydrogen-bond acceptors (Lipinski definition) is 4. The van der Waals surface area contributed by atoms with Crippen molar-refractivity contribution >= 4 is 39.5 Å². The highest BCUT2D eigenvalue weighted by molar-refractivity contribution is 7.71. The fourth-order valence-electron chi connectivity index (χ4n) is 3.68. The SMILES string of the molecule is Cc1ccc(-n2c(=O)c3c4c(sc3n3c(=S)[nH]nc23)CCCC4)cc1. The van der Waals surface area contributed by atoms with E-state index in [-0.39, 0.29) is 5.56 Å². The molecule has 0 atom stereocenters. The minimum absolute atomic E-state index is 0.000229. The number of aromatic amines is 1. The van der Waals surface area contributed by atoms with Crippen molar-refractivity contribution in [3.05, 3.63) is 55.4 Å². The molecule has 1 N–H and O–H groups in total. The number of nitrogens with one attached hydrogen (secondary N) is 1. The van der Waals surface area contributed by atoms with Crippen LogP contribution in [0.25, 0.3) is 21.7 Å². The van der Waals surface area contributed by atoms with E-state index in [4.69, 9.17) is 12.2 Å². The number of rotatable bonds is 1. The van der Waals surface area contributed by atoms with Crippen molar-refractivity contribution in [2.75, 3.05) is 0 Å². The second-order valence-electron chi connectivity index (χ2n) is 6.53. The molecule has 0 fully saturated rings. The van der Waals surface area contributed by atoms with Crippen molar-refractivity contribution in [3.8, 4) is 5.69 Å². The van der Waals surface area contributed by atoms with Crippen molar-refractivity contribution < 1.29 is 0 Å². The van der Waals surface area contributed by atoms with Gasteiger partial charge in [-0.25, -0.2) is 14.1 Å². The molecule has 0 amide bonds. The highest BCUT2D eigenvalue weighted by atomic mass is 32.1. The van der Waals surface area contributed by atoms with Gasteiger partial charge in [-0.15, -0.1) is 16.4 Å². The van der Waals surface area contributed by atoms with Crippen LogP contribution in [0.1, 0.15) is 28.8 Å². The highest BCUT2D eigenvalue weighted by Crippen LogP contribution is 2.35. The molecule has 126 valence electrons. The quantitative estimate of drug-likeness (QED) is 0.518. The lowest BCUT2D eigenvalue weighted by Gasteiger charge is -2.11. The zero-order valence-electron chi connectivity index (χ0n) is 13.7. The van der Waals surface area contributed by atoms with Crippen molar-refractivity contribution in [1.82, 2.24) is 19.2 Å². The van der Waals surface area contributed by atoms with Gasteiger partial charge in [0.25, 0.3) is 5.56 Å². The molecule has 0 saturated carbocycles. The third kappa shape index (κ3) is 2.09. The first kappa shape index (κ1) is 15.0. The summed E-state index contributed by atoms with van der Waals surface area (Å²) in [5, 5.41) is 8.02. The Kier molecular flexibility index (Phi) is 3.23. The lowest BCUT2D eigenvalue weighted by molar-refractivity contribution is 0.699. The molecule has 0 radical (unpaired) electrons. The summed E-state index contributed by atoms with van der Waals surface area (Å²) in [7, 11) is 0. The van der Waals surface area contributed by atoms with Gasteiger partial charge in [0, 0.05) is 4.88 Å². The van der Waals surface area contributed by atoms with E-state index in [1.807, 2.05) is 35.6 Å². The Balaban J connectivity index is 2.00. The van der Waals surface area contributed by atoms with Gasteiger partial charge >= 0.3 is 0 Å². The average molecular weight is 368 g/mol. The molecule has 3 aromatic heterocycles. The number of H-pyrrole nitrogens is 1. The summed E-state index contributed by atoms with van der Waals surface area (Å²) in [6, 6.07) is 7.93. The maximum atomic E-state index is 13.4. The van der Waals surface area contributed by atoms with Gasteiger partial charge in [0.2, 0.25) is 10.5 Å². The maximum absolute atomic E-state index is 13.4. The summed E-state index contributed by atoms with van der Waals surface area (Å²) in [5.41, 5.74) is 3.18. The molecule has 1 aromatic carbocycles. The summed E-state index contributed by atoms with van der Waals surface area (Å²) in [6.45, 7) is 2.03. The average Bonchev–Trinajstić information content (AvgIpc) is 3.17. The predicted octanol–water partition coefficient (Wildman–Crippen LogP) is 3.94. The van der Waals surface area contributed by atoms with Gasteiger partial charge in [-0.1, -0.05) is 17.7 Å². The number of aryl methyl sites for hydroxylation is 3. The lowest BCUT2D eigenvalue weighted by atomic mass is 9.97. The van der Waals surface area contributed by atoms with Crippen LogP contribution in [-0.2, 0) is 12.8 Å². The zero-order chi connectivity index (χ0) is 17.1. The molecule has 0 bridgehead atoms. The number of aromatic nitrogens is 4. The van der Waals surface area contributed by atoms with Crippen molar-refractivity contribution in [1.29, 1.82) is 0 Å². The molecular formula is C18H16N4OS2. The van der Waals surface area contributed by atoms with Gasteiger partial charge in [0.05, 0.1) is 11.1 Å². The summed E-state index contributed by atoms with van der Waals surface area (Å²) in [6.07, 6.45) is 4.34. The van der Waals surface area contributed by atoms with E-state index in [2.05, 4.69) is 10.2 Å². The molecule has 4 aromatic rings. The van der Waals surface area contributed by atoms with E-state index in [9.17, 15) is 4.79 Å². The van der Waals surface area contributed by atoms with Gasteiger partial charge in [-0.2, -0.15) is 0 Å². The third-order valence-electron chi connectivity index (χ3n) is 4.92. The fraction of sp³-hybridized carbons (Fsp3) is 0.278. The van der Waals surface area contributed by atoms with Gasteiger partial charge in [0.15, 0.2) is 0 Å². The Morgan fingerprint density at radius 1 is 1.20 bits per heavy atom. The van der Waals surface area contributed by atoms with E-state index in [1.54, 1.807) is 15.9 Å². The first-order valence-electron chi connectivity index (χ1n) is 8.38. The third-order valence-corrected chi connectivity index (χ3v) is 6.47. The smallest absolute Gasteiger partial charge is 0.268 e. The number of hydrogen-bond donors (Lipinski definition) is 1. The van der Waals surface area contributed by atoms with Crippen LogP contribution in [0.2, 0.25) is 0 Å². The fourth-order valence-corrected chi connectivity index (χ4v) is 5.34. The second-order valence-corrected chi connectivity index (χ2v) is 8.00. The van der Waals surface area contributed by atoms with Crippen LogP contribution in [0.3, 0.4) is 0 Å². The minimum Gasteiger partial charge on any atom is -0.268 e. The van der Waals surface area contributed by atoms with E-state index in [0.717, 1.165) is 40.7 Å². The lowest BCUT2D eigenvalue weighted by Crippen LogP contribution is -2.22. The summed E-state index contributed by atoms with van der Waals surface area (Å²) < 4.78 is 4.12. The Bertz CT molecular complexity index is 1240. The van der Waals surface area contributed by atoms with Crippen molar-refractivity contribution in [2.45, 2.75) is 32.6 Å². The first-order valence-corrected chi connectivity index (χ1v) is 9.61. The van der Waals surface area contributed by atoms with Crippen LogP contribution in [0, 0.1) is 11.7 Å². The molecule has 1 aliphatic carbocycles. The van der Waals surface area contributed by atoms with Crippen LogP contribution in [0.15, 0.2) is 29.1 Å². The van der Waals surface area contributed by atoms with Gasteiger partial charge in [-0.3, -0.25) is 4.79 Å². The van der Waals surface area contributed by atoms with E-state index < -0.39 is 0 Å². The molecule has 7 heteroatoms. The second kappa shape index (κ2) is 5.37. The molecule has 3 heterocycles. The van der Waals surface area contributed by atoms with Crippen LogP contribution in [-0.4, -0.2) is 19.2 Å². The molecule has 5 nitrogen and oxygen atoms in total. The summed E-state index contributed by atoms with van der Waals surface area (Å²) >= 11 is 7.16. The normalized spacial score (nSPS) is 14.3. The molecule has 0 aliphatic heterocycles. The Morgan fingerprint density at radius 2 is 1.96 bits per heavy atom.